The van der Waals surface area contributed by atoms with Crippen LogP contribution in [0.3, 0.4) is 0 Å². The van der Waals surface area contributed by atoms with Crippen molar-refractivity contribution in [3.63, 3.8) is 0 Å². The van der Waals surface area contributed by atoms with Crippen LogP contribution < -0.4 is 0 Å². The average molecular weight is 129 g/mol. The van der Waals surface area contributed by atoms with E-state index in [9.17, 15) is 5.11 Å². The lowest BCUT2D eigenvalue weighted by molar-refractivity contribution is -0.135. The first-order valence-electron chi connectivity index (χ1n) is 3.07. The summed E-state index contributed by atoms with van der Waals surface area (Å²) in [7, 11) is 0. The van der Waals surface area contributed by atoms with Crippen LogP contribution in [0.5, 0.6) is 0 Å². The summed E-state index contributed by atoms with van der Waals surface area (Å²) in [4.78, 5) is 0. The molecule has 0 aliphatic carbocycles. The highest BCUT2D eigenvalue weighted by Gasteiger charge is 2.39. The zero-order chi connectivity index (χ0) is 6.91. The molecule has 1 saturated heterocycles. The van der Waals surface area contributed by atoms with Crippen molar-refractivity contribution in [1.82, 2.24) is 0 Å². The van der Waals surface area contributed by atoms with E-state index in [0.29, 0.717) is 25.3 Å². The molecule has 1 heterocycles. The molecule has 0 spiro atoms. The smallest absolute Gasteiger partial charge is 0.148 e. The van der Waals surface area contributed by atoms with Crippen molar-refractivity contribution in [1.29, 1.82) is 5.41 Å². The molecule has 9 heavy (non-hydrogen) atoms. The summed E-state index contributed by atoms with van der Waals surface area (Å²) in [6, 6.07) is 0. The third-order valence-electron chi connectivity index (χ3n) is 1.60. The number of aliphatic hydroxyl groups is 1. The van der Waals surface area contributed by atoms with Gasteiger partial charge in [0.25, 0.3) is 0 Å². The summed E-state index contributed by atoms with van der Waals surface area (Å²) in [5.41, 5.74) is -0.525. The molecule has 3 nitrogen and oxygen atoms in total. The summed E-state index contributed by atoms with van der Waals surface area (Å²) in [5.74, 6) is 0. The molecule has 0 amide bonds. The molecular formula is C6H11NO2. The Balaban J connectivity index is 2.49. The first kappa shape index (κ1) is 6.71. The van der Waals surface area contributed by atoms with Crippen LogP contribution in [0.15, 0.2) is 0 Å². The van der Waals surface area contributed by atoms with Gasteiger partial charge in [-0.05, 0) is 6.42 Å². The van der Waals surface area contributed by atoms with E-state index < -0.39 is 5.60 Å². The summed E-state index contributed by atoms with van der Waals surface area (Å²) in [6.07, 6.45) is 0.611. The van der Waals surface area contributed by atoms with Gasteiger partial charge in [0.1, 0.15) is 5.60 Å². The van der Waals surface area contributed by atoms with E-state index in [2.05, 4.69) is 0 Å². The van der Waals surface area contributed by atoms with Crippen LogP contribution in [0.1, 0.15) is 13.3 Å². The van der Waals surface area contributed by atoms with Gasteiger partial charge >= 0.3 is 0 Å². The lowest BCUT2D eigenvalue weighted by Crippen LogP contribution is -2.55. The topological polar surface area (TPSA) is 53.3 Å². The van der Waals surface area contributed by atoms with E-state index in [4.69, 9.17) is 10.1 Å². The molecule has 0 bridgehead atoms. The maximum atomic E-state index is 9.33. The van der Waals surface area contributed by atoms with E-state index in [-0.39, 0.29) is 0 Å². The van der Waals surface area contributed by atoms with Gasteiger partial charge in [0.15, 0.2) is 0 Å². The van der Waals surface area contributed by atoms with Crippen LogP contribution in [0, 0.1) is 5.41 Å². The van der Waals surface area contributed by atoms with Crippen molar-refractivity contribution in [2.45, 2.75) is 18.9 Å². The normalized spacial score (nSPS) is 22.9. The van der Waals surface area contributed by atoms with Crippen molar-refractivity contribution in [2.24, 2.45) is 0 Å². The quantitative estimate of drug-likeness (QED) is 0.522. The zero-order valence-electron chi connectivity index (χ0n) is 5.48. The van der Waals surface area contributed by atoms with Gasteiger partial charge in [-0.1, -0.05) is 6.92 Å². The van der Waals surface area contributed by atoms with Gasteiger partial charge < -0.3 is 15.3 Å². The van der Waals surface area contributed by atoms with Crippen molar-refractivity contribution in [3.8, 4) is 0 Å². The molecule has 1 rings (SSSR count). The molecule has 0 radical (unpaired) electrons. The highest BCUT2D eigenvalue weighted by molar-refractivity contribution is 5.90. The molecule has 0 saturated carbocycles. The van der Waals surface area contributed by atoms with Crippen LogP contribution in [0.25, 0.3) is 0 Å². The monoisotopic (exact) mass is 129 g/mol. The molecule has 0 unspecified atom stereocenters. The first-order chi connectivity index (χ1) is 4.19. The Morgan fingerprint density at radius 3 is 2.44 bits per heavy atom. The van der Waals surface area contributed by atoms with Gasteiger partial charge in [-0.25, -0.2) is 0 Å². The van der Waals surface area contributed by atoms with Crippen LogP contribution in [0.4, 0.5) is 0 Å². The predicted octanol–water partition coefficient (Wildman–Crippen LogP) is 0.177. The standard InChI is InChI=1S/C6H11NO2/c1-2-5(7)6(8)3-9-4-6/h7-8H,2-4H2,1H3. The third kappa shape index (κ3) is 0.976. The van der Waals surface area contributed by atoms with E-state index >= 15 is 0 Å². The molecular weight excluding hydrogens is 118 g/mol. The zero-order valence-corrected chi connectivity index (χ0v) is 5.48. The lowest BCUT2D eigenvalue weighted by atomic mass is 9.94. The second-order valence-corrected chi connectivity index (χ2v) is 2.36. The summed E-state index contributed by atoms with van der Waals surface area (Å²) < 4.78 is 4.77. The Hall–Kier alpha value is -0.410. The number of hydrogen-bond acceptors (Lipinski definition) is 3. The van der Waals surface area contributed by atoms with Crippen LogP contribution in [0.2, 0.25) is 0 Å². The third-order valence-corrected chi connectivity index (χ3v) is 1.60. The fourth-order valence-electron chi connectivity index (χ4n) is 0.799. The van der Waals surface area contributed by atoms with Crippen molar-refractivity contribution in [3.05, 3.63) is 0 Å². The molecule has 0 aromatic carbocycles. The van der Waals surface area contributed by atoms with E-state index in [0.717, 1.165) is 0 Å². The second kappa shape index (κ2) is 2.08. The fraction of sp³-hybridized carbons (Fsp3) is 0.833. The number of nitrogens with one attached hydrogen (secondary N) is 1. The Kier molecular flexibility index (Phi) is 1.55. The van der Waals surface area contributed by atoms with Crippen LogP contribution in [-0.4, -0.2) is 29.6 Å². The summed E-state index contributed by atoms with van der Waals surface area (Å²) in [6.45, 7) is 2.47. The Morgan fingerprint density at radius 2 is 2.33 bits per heavy atom. The lowest BCUT2D eigenvalue weighted by Gasteiger charge is -2.36. The van der Waals surface area contributed by atoms with E-state index in [1.165, 1.54) is 0 Å². The molecule has 1 aliphatic rings. The van der Waals surface area contributed by atoms with Gasteiger partial charge in [-0.2, -0.15) is 0 Å². The maximum absolute atomic E-state index is 9.33. The Labute approximate surface area is 54.2 Å². The number of hydrogen-bond donors (Lipinski definition) is 2. The molecule has 0 aromatic rings. The summed E-state index contributed by atoms with van der Waals surface area (Å²) >= 11 is 0. The molecule has 3 heteroatoms. The number of rotatable bonds is 2. The van der Waals surface area contributed by atoms with Crippen LogP contribution in [-0.2, 0) is 4.74 Å². The fourth-order valence-corrected chi connectivity index (χ4v) is 0.799. The SMILES string of the molecule is CCC(=N)C1(O)COC1. The van der Waals surface area contributed by atoms with Gasteiger partial charge in [-0.15, -0.1) is 0 Å². The molecule has 1 aliphatic heterocycles. The van der Waals surface area contributed by atoms with Gasteiger partial charge in [0.2, 0.25) is 0 Å². The maximum Gasteiger partial charge on any atom is 0.148 e. The minimum Gasteiger partial charge on any atom is -0.379 e. The van der Waals surface area contributed by atoms with Gasteiger partial charge in [0, 0.05) is 5.71 Å². The Morgan fingerprint density at radius 1 is 1.78 bits per heavy atom. The van der Waals surface area contributed by atoms with E-state index in [1.54, 1.807) is 0 Å². The molecule has 2 N–H and O–H groups in total. The molecule has 0 aromatic heterocycles. The van der Waals surface area contributed by atoms with Crippen molar-refractivity contribution < 1.29 is 9.84 Å². The predicted molar refractivity (Wildman–Crippen MR) is 33.8 cm³/mol. The van der Waals surface area contributed by atoms with Gasteiger partial charge in [0.05, 0.1) is 13.2 Å². The summed E-state index contributed by atoms with van der Waals surface area (Å²) in [5, 5.41) is 16.6. The molecule has 1 fully saturated rings. The van der Waals surface area contributed by atoms with Crippen LogP contribution >= 0.6 is 0 Å². The van der Waals surface area contributed by atoms with Crippen molar-refractivity contribution in [2.75, 3.05) is 13.2 Å². The van der Waals surface area contributed by atoms with E-state index in [1.807, 2.05) is 6.92 Å². The molecule has 0 atom stereocenters. The van der Waals surface area contributed by atoms with Crippen molar-refractivity contribution >= 4 is 5.71 Å². The second-order valence-electron chi connectivity index (χ2n) is 2.36. The highest BCUT2D eigenvalue weighted by atomic mass is 16.5. The minimum atomic E-state index is -0.908. The highest BCUT2D eigenvalue weighted by Crippen LogP contribution is 2.18. The molecule has 52 valence electrons. The average Bonchev–Trinajstić information content (AvgIpc) is 1.81. The Bertz CT molecular complexity index is 129. The first-order valence-corrected chi connectivity index (χ1v) is 3.07. The van der Waals surface area contributed by atoms with Gasteiger partial charge in [-0.3, -0.25) is 0 Å². The number of ether oxygens (including phenoxy) is 1. The minimum absolute atomic E-state index is 0.305. The largest absolute Gasteiger partial charge is 0.379 e.